The van der Waals surface area contributed by atoms with Crippen LogP contribution in [0, 0.1) is 12.9 Å². The minimum absolute atomic E-state index is 0.150. The lowest BCUT2D eigenvalue weighted by Crippen LogP contribution is -2.39. The lowest BCUT2D eigenvalue weighted by molar-refractivity contribution is 0.0594. The van der Waals surface area contributed by atoms with E-state index in [9.17, 15) is 4.79 Å². The largest absolute Gasteiger partial charge is 0.355 e. The molecule has 1 amide bonds. The van der Waals surface area contributed by atoms with Crippen molar-refractivity contribution in [1.82, 2.24) is 28.9 Å². The molecule has 0 bridgehead atoms. The first-order valence-corrected chi connectivity index (χ1v) is 11.8. The van der Waals surface area contributed by atoms with E-state index in [1.807, 2.05) is 19.2 Å². The van der Waals surface area contributed by atoms with Crippen molar-refractivity contribution < 1.29 is 9.18 Å². The van der Waals surface area contributed by atoms with Gasteiger partial charge in [-0.2, -0.15) is 9.49 Å². The van der Waals surface area contributed by atoms with Crippen molar-refractivity contribution in [3.05, 3.63) is 59.6 Å². The molecular formula is C24H27FN8O. The van der Waals surface area contributed by atoms with E-state index in [0.717, 1.165) is 61.5 Å². The van der Waals surface area contributed by atoms with E-state index in [4.69, 9.17) is 15.8 Å². The molecule has 176 valence electrons. The second-order valence-electron chi connectivity index (χ2n) is 9.30. The molecule has 9 nitrogen and oxygen atoms in total. The Morgan fingerprint density at radius 2 is 2.03 bits per heavy atom. The van der Waals surface area contributed by atoms with Crippen LogP contribution in [0.5, 0.6) is 0 Å². The predicted molar refractivity (Wildman–Crippen MR) is 125 cm³/mol. The molecule has 2 saturated heterocycles. The van der Waals surface area contributed by atoms with E-state index in [-0.39, 0.29) is 17.8 Å². The van der Waals surface area contributed by atoms with Gasteiger partial charge in [-0.05, 0) is 44.7 Å². The van der Waals surface area contributed by atoms with Crippen molar-refractivity contribution in [2.45, 2.75) is 44.7 Å². The van der Waals surface area contributed by atoms with Crippen molar-refractivity contribution in [1.29, 1.82) is 0 Å². The Bertz CT molecular complexity index is 1390. The summed E-state index contributed by atoms with van der Waals surface area (Å²) in [5, 5.41) is 4.77. The average molecular weight is 463 g/mol. The molecular weight excluding hydrogens is 435 g/mol. The third-order valence-corrected chi connectivity index (χ3v) is 6.93. The summed E-state index contributed by atoms with van der Waals surface area (Å²) in [6.45, 7) is 4.24. The Hall–Kier alpha value is -3.53. The molecule has 0 saturated carbocycles. The number of fused-ring (bicyclic) bond motifs is 2. The molecule has 10 heteroatoms. The number of carbonyl (C=O) groups is 1. The molecule has 2 fully saturated rings. The fourth-order valence-corrected chi connectivity index (χ4v) is 5.20. The SMILES string of the molecule is Cc1cn2nc([C@@H]3CCCCN3C(=O)c3nc4ccccn4c3F)cc2nc1N1CC[C@H](N)C1. The second kappa shape index (κ2) is 8.05. The van der Waals surface area contributed by atoms with Gasteiger partial charge in [-0.15, -0.1) is 0 Å². The van der Waals surface area contributed by atoms with E-state index in [1.54, 1.807) is 33.8 Å². The molecule has 6 rings (SSSR count). The summed E-state index contributed by atoms with van der Waals surface area (Å²) in [7, 11) is 0. The van der Waals surface area contributed by atoms with Gasteiger partial charge in [-0.25, -0.2) is 14.5 Å². The summed E-state index contributed by atoms with van der Waals surface area (Å²) in [5.41, 5.74) is 8.88. The molecule has 0 unspecified atom stereocenters. The van der Waals surface area contributed by atoms with Gasteiger partial charge in [-0.1, -0.05) is 6.07 Å². The third-order valence-electron chi connectivity index (χ3n) is 6.93. The highest BCUT2D eigenvalue weighted by atomic mass is 19.1. The van der Waals surface area contributed by atoms with Crippen molar-refractivity contribution in [2.75, 3.05) is 24.5 Å². The Kier molecular flexibility index (Phi) is 4.98. The van der Waals surface area contributed by atoms with Crippen molar-refractivity contribution >= 4 is 23.0 Å². The topological polar surface area (TPSA) is 97.1 Å². The number of imidazole rings is 1. The summed E-state index contributed by atoms with van der Waals surface area (Å²) in [6.07, 6.45) is 7.10. The number of halogens is 1. The molecule has 34 heavy (non-hydrogen) atoms. The Morgan fingerprint density at radius 1 is 1.15 bits per heavy atom. The standard InChI is InChI=1S/C24H27FN8O/c1-15-13-33-20(28-23(15)30-11-8-16(26)14-30)12-17(29-33)18-6-2-4-9-31(18)24(34)21-22(25)32-10-5-3-7-19(32)27-21/h3,5,7,10,12-13,16,18H,2,4,6,8-9,11,14,26H2,1H3/t16-,18-/m0/s1. The summed E-state index contributed by atoms with van der Waals surface area (Å²) in [4.78, 5) is 26.5. The Morgan fingerprint density at radius 3 is 2.82 bits per heavy atom. The molecule has 0 spiro atoms. The van der Waals surface area contributed by atoms with Gasteiger partial charge in [0.2, 0.25) is 5.95 Å². The maximum Gasteiger partial charge on any atom is 0.277 e. The van der Waals surface area contributed by atoms with Crippen LogP contribution in [0.15, 0.2) is 36.7 Å². The smallest absolute Gasteiger partial charge is 0.277 e. The lowest BCUT2D eigenvalue weighted by Gasteiger charge is -2.34. The van der Waals surface area contributed by atoms with Crippen molar-refractivity contribution in [2.24, 2.45) is 5.73 Å². The molecule has 2 aliphatic heterocycles. The van der Waals surface area contributed by atoms with Gasteiger partial charge in [0.1, 0.15) is 11.5 Å². The second-order valence-corrected chi connectivity index (χ2v) is 9.30. The van der Waals surface area contributed by atoms with Gasteiger partial charge < -0.3 is 15.5 Å². The van der Waals surface area contributed by atoms with Crippen LogP contribution in [0.1, 0.15) is 53.5 Å². The minimum Gasteiger partial charge on any atom is -0.355 e. The molecule has 4 aromatic heterocycles. The lowest BCUT2D eigenvalue weighted by atomic mass is 9.99. The third kappa shape index (κ3) is 3.40. The summed E-state index contributed by atoms with van der Waals surface area (Å²) in [6, 6.07) is 7.03. The van der Waals surface area contributed by atoms with Crippen LogP contribution in [0.4, 0.5) is 10.2 Å². The summed E-state index contributed by atoms with van der Waals surface area (Å²) < 4.78 is 18.1. The number of anilines is 1. The monoisotopic (exact) mass is 462 g/mol. The fraction of sp³-hybridized carbons (Fsp3) is 0.417. The Labute approximate surface area is 196 Å². The average Bonchev–Trinajstić information content (AvgIpc) is 3.55. The van der Waals surface area contributed by atoms with Crippen LogP contribution in [0.2, 0.25) is 0 Å². The highest BCUT2D eigenvalue weighted by Gasteiger charge is 2.34. The number of nitrogens with two attached hydrogens (primary N) is 1. The number of nitrogens with zero attached hydrogens (tertiary/aromatic N) is 7. The van der Waals surface area contributed by atoms with Gasteiger partial charge >= 0.3 is 0 Å². The van der Waals surface area contributed by atoms with Crippen molar-refractivity contribution in [3.8, 4) is 0 Å². The van der Waals surface area contributed by atoms with Gasteiger partial charge in [-0.3, -0.25) is 9.20 Å². The first-order chi connectivity index (χ1) is 16.5. The summed E-state index contributed by atoms with van der Waals surface area (Å²) in [5.74, 6) is -0.111. The quantitative estimate of drug-likeness (QED) is 0.503. The molecule has 6 heterocycles. The van der Waals surface area contributed by atoms with E-state index >= 15 is 4.39 Å². The number of pyridine rings is 1. The number of carbonyl (C=O) groups excluding carboxylic acids is 1. The van der Waals surface area contributed by atoms with E-state index < -0.39 is 11.9 Å². The molecule has 0 radical (unpaired) electrons. The zero-order valence-electron chi connectivity index (χ0n) is 19.1. The van der Waals surface area contributed by atoms with Crippen LogP contribution in [-0.4, -0.2) is 60.5 Å². The van der Waals surface area contributed by atoms with Gasteiger partial charge in [0.05, 0.1) is 11.7 Å². The van der Waals surface area contributed by atoms with Crippen LogP contribution in [0.3, 0.4) is 0 Å². The van der Waals surface area contributed by atoms with Gasteiger partial charge in [0.15, 0.2) is 11.3 Å². The highest BCUT2D eigenvalue weighted by Crippen LogP contribution is 2.33. The normalized spacial score (nSPS) is 21.1. The van der Waals surface area contributed by atoms with E-state index in [1.165, 1.54) is 4.40 Å². The summed E-state index contributed by atoms with van der Waals surface area (Å²) >= 11 is 0. The molecule has 2 atom stereocenters. The number of hydrogen-bond acceptors (Lipinski definition) is 6. The van der Waals surface area contributed by atoms with Crippen LogP contribution in [0.25, 0.3) is 11.3 Å². The first kappa shape index (κ1) is 21.0. The number of likely N-dealkylation sites (tertiary alicyclic amines) is 1. The number of aryl methyl sites for hydroxylation is 1. The molecule has 4 aromatic rings. The van der Waals surface area contributed by atoms with Crippen LogP contribution >= 0.6 is 0 Å². The predicted octanol–water partition coefficient (Wildman–Crippen LogP) is 2.73. The van der Waals surface area contributed by atoms with E-state index in [0.29, 0.717) is 12.2 Å². The van der Waals surface area contributed by atoms with Crippen molar-refractivity contribution in [3.63, 3.8) is 0 Å². The zero-order valence-corrected chi connectivity index (χ0v) is 19.1. The van der Waals surface area contributed by atoms with Crippen LogP contribution in [-0.2, 0) is 0 Å². The molecule has 2 aliphatic rings. The van der Waals surface area contributed by atoms with Crippen LogP contribution < -0.4 is 10.6 Å². The zero-order chi connectivity index (χ0) is 23.4. The number of rotatable bonds is 3. The van der Waals surface area contributed by atoms with E-state index in [2.05, 4.69) is 9.88 Å². The number of hydrogen-bond donors (Lipinski definition) is 1. The number of aromatic nitrogens is 5. The first-order valence-electron chi connectivity index (χ1n) is 11.8. The number of piperidine rings is 1. The van der Waals surface area contributed by atoms with Gasteiger partial charge in [0, 0.05) is 49.7 Å². The van der Waals surface area contributed by atoms with Gasteiger partial charge in [0.25, 0.3) is 5.91 Å². The minimum atomic E-state index is -0.634. The number of amides is 1. The molecule has 0 aliphatic carbocycles. The Balaban J connectivity index is 1.35. The maximum atomic E-state index is 15.0. The maximum absolute atomic E-state index is 15.0. The fourth-order valence-electron chi connectivity index (χ4n) is 5.20. The molecule has 0 aromatic carbocycles. The highest BCUT2D eigenvalue weighted by molar-refractivity contribution is 5.93. The molecule has 2 N–H and O–H groups in total.